The van der Waals surface area contributed by atoms with Gasteiger partial charge in [0.1, 0.15) is 0 Å². The Balaban J connectivity index is 1.43. The molecule has 2 aromatic heterocycles. The molecule has 0 bridgehead atoms. The zero-order valence-electron chi connectivity index (χ0n) is 14.1. The molecule has 5 rings (SSSR count). The van der Waals surface area contributed by atoms with Crippen LogP contribution < -0.4 is 14.8 Å². The summed E-state index contributed by atoms with van der Waals surface area (Å²) in [6.07, 6.45) is 1.91. The number of aromatic nitrogens is 3. The highest BCUT2D eigenvalue weighted by atomic mass is 16.7. The van der Waals surface area contributed by atoms with Gasteiger partial charge in [0.15, 0.2) is 23.0 Å². The van der Waals surface area contributed by atoms with Crippen molar-refractivity contribution in [3.63, 3.8) is 0 Å². The van der Waals surface area contributed by atoms with Crippen LogP contribution in [0.2, 0.25) is 0 Å². The van der Waals surface area contributed by atoms with E-state index in [4.69, 9.17) is 9.47 Å². The number of rotatable bonds is 3. The summed E-state index contributed by atoms with van der Waals surface area (Å²) in [7, 11) is 0. The van der Waals surface area contributed by atoms with E-state index in [0.717, 1.165) is 11.2 Å². The number of carbonyl (C=O) groups is 1. The molecule has 3 heterocycles. The fourth-order valence-corrected chi connectivity index (χ4v) is 3.02. The molecular weight excluding hydrogens is 344 g/mol. The van der Waals surface area contributed by atoms with Crippen molar-refractivity contribution in [1.82, 2.24) is 14.6 Å². The number of benzene rings is 2. The lowest BCUT2D eigenvalue weighted by Gasteiger charge is -2.08. The third-order valence-corrected chi connectivity index (χ3v) is 4.33. The summed E-state index contributed by atoms with van der Waals surface area (Å²) in [5.41, 5.74) is 2.79. The number of amides is 1. The summed E-state index contributed by atoms with van der Waals surface area (Å²) in [6.45, 7) is 0.175. The number of pyridine rings is 1. The van der Waals surface area contributed by atoms with Crippen LogP contribution in [-0.4, -0.2) is 27.3 Å². The molecule has 0 atom stereocenters. The fraction of sp³-hybridized carbons (Fsp3) is 0.0500. The number of anilines is 1. The third-order valence-electron chi connectivity index (χ3n) is 4.33. The Morgan fingerprint density at radius 2 is 1.89 bits per heavy atom. The summed E-state index contributed by atoms with van der Waals surface area (Å²) >= 11 is 0. The fourth-order valence-electron chi connectivity index (χ4n) is 3.02. The van der Waals surface area contributed by atoms with Crippen molar-refractivity contribution in [1.29, 1.82) is 0 Å². The van der Waals surface area contributed by atoms with Crippen LogP contribution in [0.25, 0.3) is 17.0 Å². The first-order valence-electron chi connectivity index (χ1n) is 8.39. The quantitative estimate of drug-likeness (QED) is 0.607. The van der Waals surface area contributed by atoms with Crippen molar-refractivity contribution in [2.45, 2.75) is 0 Å². The first-order valence-corrected chi connectivity index (χ1v) is 8.39. The highest BCUT2D eigenvalue weighted by molar-refractivity contribution is 6.04. The second kappa shape index (κ2) is 6.14. The number of nitrogens with one attached hydrogen (secondary N) is 1. The standard InChI is InChI=1S/C20H14N4O3/c25-20(14-7-8-16-17(11-14)27-12-26-16)21-15-5-3-4-13(10-15)19-23-22-18-6-1-2-9-24(18)19/h1-11H,12H2,(H,21,25). The van der Waals surface area contributed by atoms with Gasteiger partial charge in [-0.15, -0.1) is 10.2 Å². The largest absolute Gasteiger partial charge is 0.454 e. The minimum absolute atomic E-state index is 0.175. The topological polar surface area (TPSA) is 77.8 Å². The van der Waals surface area contributed by atoms with Gasteiger partial charge in [-0.25, -0.2) is 0 Å². The van der Waals surface area contributed by atoms with Crippen molar-refractivity contribution in [3.05, 3.63) is 72.4 Å². The Morgan fingerprint density at radius 3 is 2.85 bits per heavy atom. The average Bonchev–Trinajstić information content (AvgIpc) is 3.34. The molecule has 1 N–H and O–H groups in total. The van der Waals surface area contributed by atoms with Gasteiger partial charge in [0.05, 0.1) is 0 Å². The Labute approximate surface area is 154 Å². The number of hydrogen-bond acceptors (Lipinski definition) is 5. The zero-order valence-corrected chi connectivity index (χ0v) is 14.1. The van der Waals surface area contributed by atoms with E-state index in [1.807, 2.05) is 53.1 Å². The normalized spacial score (nSPS) is 12.3. The highest BCUT2D eigenvalue weighted by Gasteiger charge is 2.16. The monoisotopic (exact) mass is 358 g/mol. The van der Waals surface area contributed by atoms with Crippen molar-refractivity contribution in [2.75, 3.05) is 12.1 Å². The number of fused-ring (bicyclic) bond motifs is 2. The van der Waals surface area contributed by atoms with Crippen molar-refractivity contribution < 1.29 is 14.3 Å². The SMILES string of the molecule is O=C(Nc1cccc(-c2nnc3ccccn23)c1)c1ccc2c(c1)OCO2. The summed E-state index contributed by atoms with van der Waals surface area (Å²) in [6, 6.07) is 18.3. The maximum atomic E-state index is 12.6. The van der Waals surface area contributed by atoms with Gasteiger partial charge in [-0.05, 0) is 42.5 Å². The van der Waals surface area contributed by atoms with E-state index in [0.29, 0.717) is 28.6 Å². The lowest BCUT2D eigenvalue weighted by atomic mass is 10.1. The molecule has 0 aliphatic carbocycles. The molecule has 0 saturated carbocycles. The Morgan fingerprint density at radius 1 is 0.963 bits per heavy atom. The molecule has 7 nitrogen and oxygen atoms in total. The van der Waals surface area contributed by atoms with Gasteiger partial charge in [-0.2, -0.15) is 0 Å². The van der Waals surface area contributed by atoms with Crippen LogP contribution >= 0.6 is 0 Å². The number of nitrogens with zero attached hydrogens (tertiary/aromatic N) is 3. The van der Waals surface area contributed by atoms with Crippen LogP contribution in [-0.2, 0) is 0 Å². The molecule has 1 amide bonds. The van der Waals surface area contributed by atoms with Crippen LogP contribution in [0.1, 0.15) is 10.4 Å². The van der Waals surface area contributed by atoms with Gasteiger partial charge in [-0.1, -0.05) is 18.2 Å². The average molecular weight is 358 g/mol. The predicted molar refractivity (Wildman–Crippen MR) is 98.9 cm³/mol. The van der Waals surface area contributed by atoms with E-state index < -0.39 is 0 Å². The van der Waals surface area contributed by atoms with E-state index in [2.05, 4.69) is 15.5 Å². The number of hydrogen-bond donors (Lipinski definition) is 1. The molecule has 0 saturated heterocycles. The third kappa shape index (κ3) is 2.75. The second-order valence-corrected chi connectivity index (χ2v) is 6.06. The minimum Gasteiger partial charge on any atom is -0.454 e. The molecule has 1 aliphatic heterocycles. The van der Waals surface area contributed by atoms with E-state index in [-0.39, 0.29) is 12.7 Å². The van der Waals surface area contributed by atoms with Gasteiger partial charge >= 0.3 is 0 Å². The van der Waals surface area contributed by atoms with Gasteiger partial charge in [0, 0.05) is 23.0 Å². The van der Waals surface area contributed by atoms with Crippen LogP contribution in [0.3, 0.4) is 0 Å². The molecule has 0 unspecified atom stereocenters. The lowest BCUT2D eigenvalue weighted by molar-refractivity contribution is 0.102. The Hall–Kier alpha value is -3.87. The summed E-state index contributed by atoms with van der Waals surface area (Å²) in [5.74, 6) is 1.71. The van der Waals surface area contributed by atoms with Gasteiger partial charge in [0.2, 0.25) is 6.79 Å². The maximum absolute atomic E-state index is 12.6. The molecule has 1 aliphatic rings. The molecule has 7 heteroatoms. The van der Waals surface area contributed by atoms with Crippen LogP contribution in [0.5, 0.6) is 11.5 Å². The number of carbonyl (C=O) groups excluding carboxylic acids is 1. The second-order valence-electron chi connectivity index (χ2n) is 6.06. The van der Waals surface area contributed by atoms with Crippen LogP contribution in [0.15, 0.2) is 66.9 Å². The summed E-state index contributed by atoms with van der Waals surface area (Å²) in [4.78, 5) is 12.6. The molecule has 4 aromatic rings. The van der Waals surface area contributed by atoms with Gasteiger partial charge in [0.25, 0.3) is 5.91 Å². The van der Waals surface area contributed by atoms with Crippen LogP contribution in [0, 0.1) is 0 Å². The van der Waals surface area contributed by atoms with Crippen LogP contribution in [0.4, 0.5) is 5.69 Å². The smallest absolute Gasteiger partial charge is 0.255 e. The molecule has 0 fully saturated rings. The van der Waals surface area contributed by atoms with E-state index in [9.17, 15) is 4.79 Å². The molecular formula is C20H14N4O3. The highest BCUT2D eigenvalue weighted by Crippen LogP contribution is 2.32. The molecule has 0 spiro atoms. The zero-order chi connectivity index (χ0) is 18.2. The minimum atomic E-state index is -0.225. The first kappa shape index (κ1) is 15.4. The van der Waals surface area contributed by atoms with E-state index in [1.54, 1.807) is 18.2 Å². The molecule has 132 valence electrons. The Bertz CT molecular complexity index is 1170. The van der Waals surface area contributed by atoms with Crippen molar-refractivity contribution >= 4 is 17.2 Å². The number of ether oxygens (including phenoxy) is 2. The summed E-state index contributed by atoms with van der Waals surface area (Å²) in [5, 5.41) is 11.3. The molecule has 0 radical (unpaired) electrons. The van der Waals surface area contributed by atoms with Crippen molar-refractivity contribution in [3.8, 4) is 22.9 Å². The predicted octanol–water partition coefficient (Wildman–Crippen LogP) is 3.38. The summed E-state index contributed by atoms with van der Waals surface area (Å²) < 4.78 is 12.5. The van der Waals surface area contributed by atoms with Crippen molar-refractivity contribution in [2.24, 2.45) is 0 Å². The Kier molecular flexibility index (Phi) is 3.50. The molecule has 27 heavy (non-hydrogen) atoms. The molecule has 2 aromatic carbocycles. The first-order chi connectivity index (χ1) is 13.3. The van der Waals surface area contributed by atoms with E-state index in [1.165, 1.54) is 0 Å². The van der Waals surface area contributed by atoms with Gasteiger partial charge in [-0.3, -0.25) is 9.20 Å². The van der Waals surface area contributed by atoms with Gasteiger partial charge < -0.3 is 14.8 Å². The lowest BCUT2D eigenvalue weighted by Crippen LogP contribution is -2.11. The van der Waals surface area contributed by atoms with E-state index >= 15 is 0 Å². The maximum Gasteiger partial charge on any atom is 0.255 e.